The van der Waals surface area contributed by atoms with Crippen LogP contribution in [0.5, 0.6) is 0 Å². The first kappa shape index (κ1) is 14.9. The standard InChI is InChI=1S/C14H16FNO3/c1-2-5-12(14(18)19)16-13(17)9-8-10-6-3-4-7-11(10)15/h3-4,6-9,12H,2,5H2,1H3,(H,16,17)(H,18,19)/b9-8+/t12-/m1/s1. The third kappa shape index (κ3) is 4.91. The van der Waals surface area contributed by atoms with E-state index < -0.39 is 23.7 Å². The normalized spacial score (nSPS) is 12.3. The van der Waals surface area contributed by atoms with Gasteiger partial charge in [0.15, 0.2) is 0 Å². The van der Waals surface area contributed by atoms with E-state index in [9.17, 15) is 14.0 Å². The van der Waals surface area contributed by atoms with E-state index >= 15 is 0 Å². The molecule has 5 heteroatoms. The summed E-state index contributed by atoms with van der Waals surface area (Å²) >= 11 is 0. The average molecular weight is 265 g/mol. The molecule has 19 heavy (non-hydrogen) atoms. The Balaban J connectivity index is 2.64. The van der Waals surface area contributed by atoms with Crippen LogP contribution in [-0.2, 0) is 9.59 Å². The van der Waals surface area contributed by atoms with Crippen molar-refractivity contribution in [1.82, 2.24) is 5.32 Å². The first-order valence-electron chi connectivity index (χ1n) is 6.00. The number of carboxylic acids is 1. The Morgan fingerprint density at radius 1 is 1.42 bits per heavy atom. The van der Waals surface area contributed by atoms with Gasteiger partial charge in [-0.25, -0.2) is 9.18 Å². The van der Waals surface area contributed by atoms with Gasteiger partial charge in [-0.1, -0.05) is 31.5 Å². The largest absolute Gasteiger partial charge is 0.480 e. The summed E-state index contributed by atoms with van der Waals surface area (Å²) in [7, 11) is 0. The molecular formula is C14H16FNO3. The molecule has 0 bridgehead atoms. The molecule has 0 fully saturated rings. The number of carbonyl (C=O) groups is 2. The maximum atomic E-state index is 13.3. The summed E-state index contributed by atoms with van der Waals surface area (Å²) in [6.45, 7) is 1.83. The zero-order chi connectivity index (χ0) is 14.3. The van der Waals surface area contributed by atoms with E-state index in [1.165, 1.54) is 18.2 Å². The summed E-state index contributed by atoms with van der Waals surface area (Å²) in [5.41, 5.74) is 0.278. The Kier molecular flexibility index (Phi) is 5.73. The smallest absolute Gasteiger partial charge is 0.326 e. The van der Waals surface area contributed by atoms with Gasteiger partial charge in [-0.05, 0) is 18.6 Å². The van der Waals surface area contributed by atoms with Gasteiger partial charge in [-0.3, -0.25) is 4.79 Å². The van der Waals surface area contributed by atoms with Crippen molar-refractivity contribution >= 4 is 18.0 Å². The summed E-state index contributed by atoms with van der Waals surface area (Å²) in [5, 5.41) is 11.2. The molecule has 0 aliphatic carbocycles. The average Bonchev–Trinajstić information content (AvgIpc) is 2.37. The molecule has 4 nitrogen and oxygen atoms in total. The maximum absolute atomic E-state index is 13.3. The fourth-order valence-electron chi connectivity index (χ4n) is 1.54. The Labute approximate surface area is 110 Å². The molecule has 0 heterocycles. The minimum Gasteiger partial charge on any atom is -0.480 e. The Bertz CT molecular complexity index is 485. The molecule has 102 valence electrons. The number of hydrogen-bond donors (Lipinski definition) is 2. The van der Waals surface area contributed by atoms with Gasteiger partial charge in [0.2, 0.25) is 5.91 Å². The zero-order valence-corrected chi connectivity index (χ0v) is 10.6. The van der Waals surface area contributed by atoms with Crippen molar-refractivity contribution in [2.45, 2.75) is 25.8 Å². The number of rotatable bonds is 6. The molecular weight excluding hydrogens is 249 g/mol. The molecule has 1 aromatic rings. The molecule has 0 aliphatic heterocycles. The van der Waals surface area contributed by atoms with Gasteiger partial charge in [0, 0.05) is 11.6 Å². The van der Waals surface area contributed by atoms with Crippen LogP contribution < -0.4 is 5.32 Å². The molecule has 1 atom stereocenters. The summed E-state index contributed by atoms with van der Waals surface area (Å²) in [4.78, 5) is 22.4. The highest BCUT2D eigenvalue weighted by atomic mass is 19.1. The lowest BCUT2D eigenvalue weighted by atomic mass is 10.1. The number of amides is 1. The summed E-state index contributed by atoms with van der Waals surface area (Å²) < 4.78 is 13.3. The van der Waals surface area contributed by atoms with E-state index in [4.69, 9.17) is 5.11 Å². The van der Waals surface area contributed by atoms with Gasteiger partial charge in [0.05, 0.1) is 0 Å². The maximum Gasteiger partial charge on any atom is 0.326 e. The van der Waals surface area contributed by atoms with Crippen molar-refractivity contribution in [1.29, 1.82) is 0 Å². The second-order valence-corrected chi connectivity index (χ2v) is 4.04. The van der Waals surface area contributed by atoms with Crippen molar-refractivity contribution < 1.29 is 19.1 Å². The van der Waals surface area contributed by atoms with E-state index in [0.29, 0.717) is 12.8 Å². The number of carboxylic acid groups (broad SMARTS) is 1. The minimum absolute atomic E-state index is 0.278. The highest BCUT2D eigenvalue weighted by Gasteiger charge is 2.17. The lowest BCUT2D eigenvalue weighted by Crippen LogP contribution is -2.39. The van der Waals surface area contributed by atoms with Crippen LogP contribution in [0.4, 0.5) is 4.39 Å². The second-order valence-electron chi connectivity index (χ2n) is 4.04. The van der Waals surface area contributed by atoms with E-state index in [-0.39, 0.29) is 5.56 Å². The van der Waals surface area contributed by atoms with E-state index in [1.54, 1.807) is 12.1 Å². The number of aliphatic carboxylic acids is 1. The fraction of sp³-hybridized carbons (Fsp3) is 0.286. The fourth-order valence-corrected chi connectivity index (χ4v) is 1.54. The highest BCUT2D eigenvalue weighted by Crippen LogP contribution is 2.08. The topological polar surface area (TPSA) is 66.4 Å². The van der Waals surface area contributed by atoms with Crippen LogP contribution in [0.25, 0.3) is 6.08 Å². The number of hydrogen-bond acceptors (Lipinski definition) is 2. The Morgan fingerprint density at radius 2 is 2.11 bits per heavy atom. The predicted molar refractivity (Wildman–Crippen MR) is 69.9 cm³/mol. The van der Waals surface area contributed by atoms with E-state index in [2.05, 4.69) is 5.32 Å². The molecule has 0 radical (unpaired) electrons. The van der Waals surface area contributed by atoms with Crippen LogP contribution in [0.3, 0.4) is 0 Å². The lowest BCUT2D eigenvalue weighted by Gasteiger charge is -2.11. The Morgan fingerprint density at radius 3 is 2.68 bits per heavy atom. The molecule has 1 aromatic carbocycles. The predicted octanol–water partition coefficient (Wildman–Crippen LogP) is 2.21. The number of benzene rings is 1. The van der Waals surface area contributed by atoms with Gasteiger partial charge in [-0.2, -0.15) is 0 Å². The van der Waals surface area contributed by atoms with Gasteiger partial charge in [0.1, 0.15) is 11.9 Å². The Hall–Kier alpha value is -2.17. The monoisotopic (exact) mass is 265 g/mol. The summed E-state index contributed by atoms with van der Waals surface area (Å²) in [5.74, 6) is -2.06. The molecule has 0 aromatic heterocycles. The van der Waals surface area contributed by atoms with Crippen LogP contribution in [0.2, 0.25) is 0 Å². The number of carbonyl (C=O) groups excluding carboxylic acids is 1. The highest BCUT2D eigenvalue weighted by molar-refractivity contribution is 5.94. The quantitative estimate of drug-likeness (QED) is 0.775. The van der Waals surface area contributed by atoms with Crippen molar-refractivity contribution in [2.75, 3.05) is 0 Å². The van der Waals surface area contributed by atoms with Crippen LogP contribution in [-0.4, -0.2) is 23.0 Å². The van der Waals surface area contributed by atoms with Gasteiger partial charge in [-0.15, -0.1) is 0 Å². The molecule has 0 saturated heterocycles. The van der Waals surface area contributed by atoms with Crippen molar-refractivity contribution in [2.24, 2.45) is 0 Å². The first-order chi connectivity index (χ1) is 9.04. The third-order valence-corrected chi connectivity index (χ3v) is 2.51. The van der Waals surface area contributed by atoms with Crippen molar-refractivity contribution in [3.05, 3.63) is 41.7 Å². The SMILES string of the molecule is CCC[C@@H](NC(=O)/C=C/c1ccccc1F)C(=O)O. The zero-order valence-electron chi connectivity index (χ0n) is 10.6. The van der Waals surface area contributed by atoms with Crippen molar-refractivity contribution in [3.8, 4) is 0 Å². The molecule has 1 rings (SSSR count). The number of nitrogens with one attached hydrogen (secondary N) is 1. The van der Waals surface area contributed by atoms with Gasteiger partial charge < -0.3 is 10.4 Å². The van der Waals surface area contributed by atoms with Crippen LogP contribution in [0.15, 0.2) is 30.3 Å². The van der Waals surface area contributed by atoms with Crippen LogP contribution in [0.1, 0.15) is 25.3 Å². The molecule has 0 unspecified atom stereocenters. The first-order valence-corrected chi connectivity index (χ1v) is 6.00. The molecule has 0 aliphatic rings. The van der Waals surface area contributed by atoms with Gasteiger partial charge >= 0.3 is 5.97 Å². The van der Waals surface area contributed by atoms with E-state index in [0.717, 1.165) is 6.08 Å². The molecule has 0 spiro atoms. The van der Waals surface area contributed by atoms with Crippen molar-refractivity contribution in [3.63, 3.8) is 0 Å². The van der Waals surface area contributed by atoms with Gasteiger partial charge in [0.25, 0.3) is 0 Å². The molecule has 2 N–H and O–H groups in total. The molecule has 1 amide bonds. The number of halogens is 1. The lowest BCUT2D eigenvalue weighted by molar-refractivity contribution is -0.141. The minimum atomic E-state index is -1.07. The summed E-state index contributed by atoms with van der Waals surface area (Å²) in [6, 6.07) is 5.10. The van der Waals surface area contributed by atoms with Crippen LogP contribution >= 0.6 is 0 Å². The second kappa shape index (κ2) is 7.31. The summed E-state index contributed by atoms with van der Waals surface area (Å²) in [6.07, 6.45) is 3.45. The van der Waals surface area contributed by atoms with E-state index in [1.807, 2.05) is 6.92 Å². The van der Waals surface area contributed by atoms with Crippen LogP contribution in [0, 0.1) is 5.82 Å². The third-order valence-electron chi connectivity index (χ3n) is 2.51. The molecule has 0 saturated carbocycles.